The van der Waals surface area contributed by atoms with Crippen LogP contribution in [0.3, 0.4) is 0 Å². The van der Waals surface area contributed by atoms with Crippen LogP contribution in [-0.4, -0.2) is 14.7 Å². The maximum Gasteiger partial charge on any atom is 0.255 e. The van der Waals surface area contributed by atoms with Gasteiger partial charge in [0.25, 0.3) is 5.56 Å². The number of pyridine rings is 1. The van der Waals surface area contributed by atoms with E-state index in [-0.39, 0.29) is 11.3 Å². The Bertz CT molecular complexity index is 1050. The molecule has 2 heterocycles. The van der Waals surface area contributed by atoms with Gasteiger partial charge < -0.3 is 9.52 Å². The molecular weight excluding hydrogens is 292 g/mol. The Kier molecular flexibility index (Phi) is 2.98. The lowest BCUT2D eigenvalue weighted by Gasteiger charge is -2.09. The summed E-state index contributed by atoms with van der Waals surface area (Å²) in [4.78, 5) is 16.1. The van der Waals surface area contributed by atoms with Crippen molar-refractivity contribution in [3.05, 3.63) is 77.5 Å². The molecule has 0 unspecified atom stereocenters. The molecule has 2 aromatic heterocycles. The molecule has 0 saturated heterocycles. The van der Waals surface area contributed by atoms with Crippen LogP contribution in [0.4, 0.5) is 0 Å². The van der Waals surface area contributed by atoms with E-state index in [9.17, 15) is 9.90 Å². The Hall–Kier alpha value is -3.34. The number of fused-ring (bicyclic) bond motifs is 1. The fourth-order valence-corrected chi connectivity index (χ4v) is 2.59. The number of para-hydroxylation sites is 1. The molecule has 0 atom stereocenters. The van der Waals surface area contributed by atoms with E-state index in [2.05, 4.69) is 4.98 Å². The zero-order valence-electron chi connectivity index (χ0n) is 12.0. The largest absolute Gasteiger partial charge is 0.505 e. The molecule has 0 bridgehead atoms. The van der Waals surface area contributed by atoms with Gasteiger partial charge in [0, 0.05) is 29.1 Å². The number of nitrogens with zero attached hydrogens (tertiary/aromatic N) is 2. The number of aromatic nitrogens is 2. The minimum atomic E-state index is -0.137. The molecule has 2 aromatic carbocycles. The topological polar surface area (TPSA) is 68.3 Å². The van der Waals surface area contributed by atoms with E-state index in [0.29, 0.717) is 16.7 Å². The quantitative estimate of drug-likeness (QED) is 0.616. The standard InChI is InChI=1S/C18H12N2O3/c21-16-9-6-12(10-20(16)13-4-2-1-3-5-13)14-7-8-15-17(18(14)22)19-11-23-15/h1-11,22H. The number of phenolic OH excluding ortho intramolecular Hbond substituents is 1. The lowest BCUT2D eigenvalue weighted by Crippen LogP contribution is -2.16. The first-order valence-corrected chi connectivity index (χ1v) is 7.08. The van der Waals surface area contributed by atoms with Crippen molar-refractivity contribution in [1.82, 2.24) is 9.55 Å². The number of aromatic hydroxyl groups is 1. The van der Waals surface area contributed by atoms with E-state index in [1.165, 1.54) is 12.5 Å². The van der Waals surface area contributed by atoms with Crippen molar-refractivity contribution < 1.29 is 9.52 Å². The van der Waals surface area contributed by atoms with Crippen LogP contribution in [0.2, 0.25) is 0 Å². The molecule has 0 radical (unpaired) electrons. The molecule has 112 valence electrons. The van der Waals surface area contributed by atoms with Gasteiger partial charge in [0.1, 0.15) is 0 Å². The number of hydrogen-bond donors (Lipinski definition) is 1. The molecule has 5 heteroatoms. The number of benzene rings is 2. The van der Waals surface area contributed by atoms with Crippen LogP contribution in [-0.2, 0) is 0 Å². The third-order valence-electron chi connectivity index (χ3n) is 3.73. The molecule has 1 N–H and O–H groups in total. The van der Waals surface area contributed by atoms with Crippen LogP contribution in [0, 0.1) is 0 Å². The average Bonchev–Trinajstić information content (AvgIpc) is 3.06. The summed E-state index contributed by atoms with van der Waals surface area (Å²) in [5, 5.41) is 10.4. The van der Waals surface area contributed by atoms with Crippen LogP contribution in [0.5, 0.6) is 5.75 Å². The molecule has 0 aliphatic carbocycles. The van der Waals surface area contributed by atoms with E-state index in [4.69, 9.17) is 4.42 Å². The summed E-state index contributed by atoms with van der Waals surface area (Å²) >= 11 is 0. The maximum absolute atomic E-state index is 12.1. The van der Waals surface area contributed by atoms with Crippen molar-refractivity contribution in [2.24, 2.45) is 0 Å². The van der Waals surface area contributed by atoms with Crippen molar-refractivity contribution in [2.75, 3.05) is 0 Å². The molecule has 0 aliphatic rings. The molecule has 0 fully saturated rings. The number of oxazole rings is 1. The average molecular weight is 304 g/mol. The first-order chi connectivity index (χ1) is 11.2. The number of phenols is 1. The summed E-state index contributed by atoms with van der Waals surface area (Å²) in [6.07, 6.45) is 3.00. The van der Waals surface area contributed by atoms with Crippen LogP contribution in [0.25, 0.3) is 27.9 Å². The summed E-state index contributed by atoms with van der Waals surface area (Å²) in [6, 6.07) is 16.0. The summed E-state index contributed by atoms with van der Waals surface area (Å²) in [7, 11) is 0. The molecule has 0 saturated carbocycles. The molecule has 4 rings (SSSR count). The van der Waals surface area contributed by atoms with Gasteiger partial charge in [-0.05, 0) is 30.3 Å². The minimum absolute atomic E-state index is 0.0366. The highest BCUT2D eigenvalue weighted by atomic mass is 16.3. The fraction of sp³-hybridized carbons (Fsp3) is 0. The first-order valence-electron chi connectivity index (χ1n) is 7.08. The van der Waals surface area contributed by atoms with E-state index in [1.807, 2.05) is 30.3 Å². The summed E-state index contributed by atoms with van der Waals surface area (Å²) in [5.41, 5.74) is 2.86. The predicted molar refractivity (Wildman–Crippen MR) is 86.7 cm³/mol. The van der Waals surface area contributed by atoms with E-state index in [0.717, 1.165) is 11.3 Å². The Labute approximate surface area is 131 Å². The van der Waals surface area contributed by atoms with E-state index >= 15 is 0 Å². The smallest absolute Gasteiger partial charge is 0.255 e. The monoisotopic (exact) mass is 304 g/mol. The highest BCUT2D eigenvalue weighted by Crippen LogP contribution is 2.34. The second-order valence-electron chi connectivity index (χ2n) is 5.12. The highest BCUT2D eigenvalue weighted by Gasteiger charge is 2.12. The number of hydrogen-bond acceptors (Lipinski definition) is 4. The summed E-state index contributed by atoms with van der Waals surface area (Å²) in [5.74, 6) is 0.0366. The van der Waals surface area contributed by atoms with Gasteiger partial charge in [0.15, 0.2) is 23.2 Å². The fourth-order valence-electron chi connectivity index (χ4n) is 2.59. The van der Waals surface area contributed by atoms with Crippen LogP contribution >= 0.6 is 0 Å². The molecule has 23 heavy (non-hydrogen) atoms. The molecule has 0 spiro atoms. The normalized spacial score (nSPS) is 11.0. The van der Waals surface area contributed by atoms with Crippen LogP contribution < -0.4 is 5.56 Å². The predicted octanol–water partition coefficient (Wildman–Crippen LogP) is 3.35. The lowest BCUT2D eigenvalue weighted by molar-refractivity contribution is 0.482. The number of rotatable bonds is 2. The van der Waals surface area contributed by atoms with E-state index < -0.39 is 0 Å². The zero-order valence-corrected chi connectivity index (χ0v) is 12.0. The van der Waals surface area contributed by atoms with Crippen molar-refractivity contribution >= 4 is 11.1 Å². The van der Waals surface area contributed by atoms with Gasteiger partial charge >= 0.3 is 0 Å². The minimum Gasteiger partial charge on any atom is -0.505 e. The lowest BCUT2D eigenvalue weighted by atomic mass is 10.1. The third kappa shape index (κ3) is 2.19. The molecule has 4 aromatic rings. The third-order valence-corrected chi connectivity index (χ3v) is 3.73. The Morgan fingerprint density at radius 3 is 2.65 bits per heavy atom. The second-order valence-corrected chi connectivity index (χ2v) is 5.12. The highest BCUT2D eigenvalue weighted by molar-refractivity contribution is 5.88. The Morgan fingerprint density at radius 1 is 1.00 bits per heavy atom. The maximum atomic E-state index is 12.1. The zero-order chi connectivity index (χ0) is 15.8. The van der Waals surface area contributed by atoms with Gasteiger partial charge in [-0.15, -0.1) is 0 Å². The van der Waals surface area contributed by atoms with Gasteiger partial charge in [-0.2, -0.15) is 0 Å². The SMILES string of the molecule is O=c1ccc(-c2ccc3ocnc3c2O)cn1-c1ccccc1. The Morgan fingerprint density at radius 2 is 1.83 bits per heavy atom. The van der Waals surface area contributed by atoms with Crippen LogP contribution in [0.15, 0.2) is 76.4 Å². The molecular formula is C18H12N2O3. The molecule has 0 aliphatic heterocycles. The van der Waals surface area contributed by atoms with Gasteiger partial charge in [-0.1, -0.05) is 18.2 Å². The van der Waals surface area contributed by atoms with Gasteiger partial charge in [0.05, 0.1) is 0 Å². The summed E-state index contributed by atoms with van der Waals surface area (Å²) in [6.45, 7) is 0. The van der Waals surface area contributed by atoms with Crippen molar-refractivity contribution in [1.29, 1.82) is 0 Å². The van der Waals surface area contributed by atoms with E-state index in [1.54, 1.807) is 29.0 Å². The van der Waals surface area contributed by atoms with Gasteiger partial charge in [0.2, 0.25) is 0 Å². The molecule has 0 amide bonds. The summed E-state index contributed by atoms with van der Waals surface area (Å²) < 4.78 is 6.72. The second kappa shape index (κ2) is 5.14. The molecule has 5 nitrogen and oxygen atoms in total. The van der Waals surface area contributed by atoms with Gasteiger partial charge in [-0.3, -0.25) is 9.36 Å². The van der Waals surface area contributed by atoms with Crippen molar-refractivity contribution in [2.45, 2.75) is 0 Å². The van der Waals surface area contributed by atoms with Crippen LogP contribution in [0.1, 0.15) is 0 Å². The van der Waals surface area contributed by atoms with Crippen molar-refractivity contribution in [3.8, 4) is 22.6 Å². The van der Waals surface area contributed by atoms with Crippen molar-refractivity contribution in [3.63, 3.8) is 0 Å². The first kappa shape index (κ1) is 13.3. The Balaban J connectivity index is 1.92. The van der Waals surface area contributed by atoms with Gasteiger partial charge in [-0.25, -0.2) is 4.98 Å².